The summed E-state index contributed by atoms with van der Waals surface area (Å²) in [5.74, 6) is -0.129. The molecule has 0 unspecified atom stereocenters. The zero-order valence-corrected chi connectivity index (χ0v) is 7.07. The van der Waals surface area contributed by atoms with Gasteiger partial charge >= 0.3 is 0 Å². The summed E-state index contributed by atoms with van der Waals surface area (Å²) in [4.78, 5) is 10.5. The molecule has 1 rings (SSSR count). The third-order valence-corrected chi connectivity index (χ3v) is 2.53. The minimum Gasteiger partial charge on any atom is -0.382 e. The van der Waals surface area contributed by atoms with Crippen LogP contribution in [0.15, 0.2) is 0 Å². The Morgan fingerprint density at radius 3 is 2.50 bits per heavy atom. The molecule has 0 aromatic carbocycles. The van der Waals surface area contributed by atoms with Crippen molar-refractivity contribution in [1.82, 2.24) is 0 Å². The van der Waals surface area contributed by atoms with Gasteiger partial charge in [-0.15, -0.1) is 0 Å². The van der Waals surface area contributed by atoms with Gasteiger partial charge in [-0.2, -0.15) is 0 Å². The van der Waals surface area contributed by atoms with Crippen LogP contribution in [0.5, 0.6) is 0 Å². The van der Waals surface area contributed by atoms with E-state index in [1.54, 1.807) is 0 Å². The second kappa shape index (κ2) is 3.87. The largest absolute Gasteiger partial charge is 0.382 e. The summed E-state index contributed by atoms with van der Waals surface area (Å²) in [7, 11) is 0. The summed E-state index contributed by atoms with van der Waals surface area (Å²) in [5, 5.41) is 9.16. The number of carbonyl (C=O) groups excluding carboxylic acids is 1. The highest BCUT2D eigenvalue weighted by Crippen LogP contribution is 2.30. The fourth-order valence-electron chi connectivity index (χ4n) is 1.45. The van der Waals surface area contributed by atoms with E-state index < -0.39 is 18.1 Å². The highest BCUT2D eigenvalue weighted by Gasteiger charge is 2.26. The first kappa shape index (κ1) is 9.48. The van der Waals surface area contributed by atoms with Crippen molar-refractivity contribution in [3.63, 3.8) is 0 Å². The van der Waals surface area contributed by atoms with Crippen LogP contribution in [0.2, 0.25) is 0 Å². The highest BCUT2D eigenvalue weighted by atomic mass is 16.3. The zero-order valence-electron chi connectivity index (χ0n) is 7.07. The van der Waals surface area contributed by atoms with E-state index in [2.05, 4.69) is 0 Å². The van der Waals surface area contributed by atoms with Crippen LogP contribution in [0.1, 0.15) is 25.7 Å². The lowest BCUT2D eigenvalue weighted by Gasteiger charge is -2.29. The molecule has 2 atom stereocenters. The van der Waals surface area contributed by atoms with Crippen LogP contribution < -0.4 is 11.5 Å². The summed E-state index contributed by atoms with van der Waals surface area (Å²) >= 11 is 0. The fourth-order valence-corrected chi connectivity index (χ4v) is 1.45. The van der Waals surface area contributed by atoms with Crippen molar-refractivity contribution in [1.29, 1.82) is 0 Å². The molecular weight excluding hydrogens is 156 g/mol. The molecule has 12 heavy (non-hydrogen) atoms. The van der Waals surface area contributed by atoms with E-state index in [9.17, 15) is 4.79 Å². The third-order valence-electron chi connectivity index (χ3n) is 2.53. The first-order chi connectivity index (χ1) is 5.61. The normalized spacial score (nSPS) is 22.8. The molecule has 5 N–H and O–H groups in total. The molecule has 1 aliphatic rings. The Balaban J connectivity index is 2.25. The van der Waals surface area contributed by atoms with Gasteiger partial charge < -0.3 is 16.6 Å². The molecule has 1 saturated carbocycles. The molecule has 1 amide bonds. The monoisotopic (exact) mass is 172 g/mol. The van der Waals surface area contributed by atoms with E-state index in [0.29, 0.717) is 12.3 Å². The minimum atomic E-state index is -1.18. The van der Waals surface area contributed by atoms with E-state index in [-0.39, 0.29) is 0 Å². The van der Waals surface area contributed by atoms with Crippen LogP contribution in [-0.4, -0.2) is 23.2 Å². The van der Waals surface area contributed by atoms with Crippen molar-refractivity contribution in [3.8, 4) is 0 Å². The smallest absolute Gasteiger partial charge is 0.247 e. The van der Waals surface area contributed by atoms with Gasteiger partial charge in [0.15, 0.2) is 0 Å². The van der Waals surface area contributed by atoms with Gasteiger partial charge in [0.1, 0.15) is 6.10 Å². The van der Waals surface area contributed by atoms with Gasteiger partial charge in [0.05, 0.1) is 0 Å². The Labute approximate surface area is 71.9 Å². The van der Waals surface area contributed by atoms with E-state index in [1.807, 2.05) is 0 Å². The Hall–Kier alpha value is -0.610. The van der Waals surface area contributed by atoms with Crippen molar-refractivity contribution in [2.24, 2.45) is 17.4 Å². The maximum absolute atomic E-state index is 10.5. The topological polar surface area (TPSA) is 89.3 Å². The first-order valence-electron chi connectivity index (χ1n) is 4.34. The van der Waals surface area contributed by atoms with Crippen LogP contribution >= 0.6 is 0 Å². The Morgan fingerprint density at radius 2 is 2.17 bits per heavy atom. The maximum Gasteiger partial charge on any atom is 0.247 e. The van der Waals surface area contributed by atoms with Gasteiger partial charge in [-0.05, 0) is 12.3 Å². The van der Waals surface area contributed by atoms with E-state index >= 15 is 0 Å². The lowest BCUT2D eigenvalue weighted by Crippen LogP contribution is -2.45. The number of nitrogens with two attached hydrogens (primary N) is 2. The number of aliphatic hydroxyl groups is 1. The quantitative estimate of drug-likeness (QED) is 0.526. The average molecular weight is 172 g/mol. The Kier molecular flexibility index (Phi) is 3.05. The number of hydrogen-bond acceptors (Lipinski definition) is 3. The molecule has 4 heteroatoms. The average Bonchev–Trinajstić information content (AvgIpc) is 1.94. The lowest BCUT2D eigenvalue weighted by atomic mass is 9.80. The molecule has 0 aromatic heterocycles. The SMILES string of the molecule is NC(=O)[C@@H](O)[C@H](N)CC1CCC1. The van der Waals surface area contributed by atoms with E-state index in [0.717, 1.165) is 0 Å². The summed E-state index contributed by atoms with van der Waals surface area (Å²) in [6.45, 7) is 0. The van der Waals surface area contributed by atoms with Gasteiger partial charge in [0, 0.05) is 6.04 Å². The third kappa shape index (κ3) is 2.19. The van der Waals surface area contributed by atoms with Gasteiger partial charge in [-0.25, -0.2) is 0 Å². The second-order valence-electron chi connectivity index (χ2n) is 3.54. The summed E-state index contributed by atoms with van der Waals surface area (Å²) in [6.07, 6.45) is 3.11. The summed E-state index contributed by atoms with van der Waals surface area (Å²) < 4.78 is 0. The van der Waals surface area contributed by atoms with Crippen molar-refractivity contribution in [2.75, 3.05) is 0 Å². The van der Waals surface area contributed by atoms with Gasteiger partial charge in [-0.3, -0.25) is 4.79 Å². The predicted molar refractivity (Wildman–Crippen MR) is 45.1 cm³/mol. The Bertz CT molecular complexity index is 168. The molecular formula is C8H16N2O2. The highest BCUT2D eigenvalue weighted by molar-refractivity contribution is 5.79. The number of rotatable bonds is 4. The number of carbonyl (C=O) groups is 1. The van der Waals surface area contributed by atoms with Gasteiger partial charge in [-0.1, -0.05) is 19.3 Å². The molecule has 0 saturated heterocycles. The van der Waals surface area contributed by atoms with Gasteiger partial charge in [0.2, 0.25) is 5.91 Å². The predicted octanol–water partition coefficient (Wildman–Crippen LogP) is -0.650. The van der Waals surface area contributed by atoms with Crippen molar-refractivity contribution in [3.05, 3.63) is 0 Å². The molecule has 1 fully saturated rings. The van der Waals surface area contributed by atoms with Crippen molar-refractivity contribution < 1.29 is 9.90 Å². The molecule has 1 aliphatic carbocycles. The van der Waals surface area contributed by atoms with Crippen molar-refractivity contribution >= 4 is 5.91 Å². The molecule has 0 aliphatic heterocycles. The summed E-state index contributed by atoms with van der Waals surface area (Å²) in [5.41, 5.74) is 10.5. The number of primary amides is 1. The lowest BCUT2D eigenvalue weighted by molar-refractivity contribution is -0.127. The molecule has 0 heterocycles. The molecule has 0 radical (unpaired) electrons. The van der Waals surface area contributed by atoms with Crippen LogP contribution in [0.25, 0.3) is 0 Å². The molecule has 4 nitrogen and oxygen atoms in total. The fraction of sp³-hybridized carbons (Fsp3) is 0.875. The van der Waals surface area contributed by atoms with Crippen LogP contribution in [0.4, 0.5) is 0 Å². The van der Waals surface area contributed by atoms with Crippen LogP contribution in [0, 0.1) is 5.92 Å². The van der Waals surface area contributed by atoms with Crippen molar-refractivity contribution in [2.45, 2.75) is 37.8 Å². The molecule has 0 spiro atoms. The van der Waals surface area contributed by atoms with Gasteiger partial charge in [0.25, 0.3) is 0 Å². The summed E-state index contributed by atoms with van der Waals surface area (Å²) in [6, 6.07) is -0.479. The van der Waals surface area contributed by atoms with E-state index in [1.165, 1.54) is 19.3 Å². The Morgan fingerprint density at radius 1 is 1.58 bits per heavy atom. The maximum atomic E-state index is 10.5. The molecule has 0 aromatic rings. The van der Waals surface area contributed by atoms with E-state index in [4.69, 9.17) is 16.6 Å². The number of hydrogen-bond donors (Lipinski definition) is 3. The second-order valence-corrected chi connectivity index (χ2v) is 3.54. The molecule has 70 valence electrons. The number of amides is 1. The number of aliphatic hydroxyl groups excluding tert-OH is 1. The molecule has 0 bridgehead atoms. The van der Waals surface area contributed by atoms with Crippen LogP contribution in [-0.2, 0) is 4.79 Å². The van der Waals surface area contributed by atoms with Crippen LogP contribution in [0.3, 0.4) is 0 Å². The minimum absolute atomic E-state index is 0.479. The zero-order chi connectivity index (χ0) is 9.14. The first-order valence-corrected chi connectivity index (χ1v) is 4.34. The standard InChI is InChI=1S/C8H16N2O2/c9-6(7(11)8(10)12)4-5-2-1-3-5/h5-7,11H,1-4,9H2,(H2,10,12)/t6-,7+/m1/s1.